The van der Waals surface area contributed by atoms with Gasteiger partial charge < -0.3 is 19.9 Å². The fraction of sp³-hybridized carbons (Fsp3) is 0.500. The highest BCUT2D eigenvalue weighted by Crippen LogP contribution is 2.42. The highest BCUT2D eigenvalue weighted by atomic mass is 16.6. The molecule has 3 atom stereocenters. The van der Waals surface area contributed by atoms with Gasteiger partial charge in [0.1, 0.15) is 12.1 Å². The first-order chi connectivity index (χ1) is 16.2. The van der Waals surface area contributed by atoms with Gasteiger partial charge in [-0.05, 0) is 61.0 Å². The van der Waals surface area contributed by atoms with Crippen LogP contribution in [0.25, 0.3) is 0 Å². The Bertz CT molecular complexity index is 930. The number of esters is 1. The normalized spacial score (nSPS) is 21.2. The van der Waals surface area contributed by atoms with Crippen LogP contribution in [-0.2, 0) is 27.3 Å². The average Bonchev–Trinajstić information content (AvgIpc) is 2.84. The van der Waals surface area contributed by atoms with Crippen LogP contribution in [0.4, 0.5) is 4.79 Å². The smallest absolute Gasteiger partial charge is 0.408 e. The van der Waals surface area contributed by atoms with Crippen molar-refractivity contribution >= 4 is 12.1 Å². The maximum Gasteiger partial charge on any atom is 0.408 e. The lowest BCUT2D eigenvalue weighted by atomic mass is 9.67. The number of methoxy groups -OCH3 is 1. The number of carbonyl (C=O) groups is 2. The van der Waals surface area contributed by atoms with Crippen molar-refractivity contribution in [2.75, 3.05) is 7.11 Å². The summed E-state index contributed by atoms with van der Waals surface area (Å²) in [5.74, 6) is -0.410. The molecule has 0 bridgehead atoms. The first kappa shape index (κ1) is 25.8. The molecule has 1 fully saturated rings. The van der Waals surface area contributed by atoms with E-state index in [0.717, 1.165) is 24.0 Å². The highest BCUT2D eigenvalue weighted by molar-refractivity contribution is 5.85. The van der Waals surface area contributed by atoms with Crippen LogP contribution in [0.2, 0.25) is 0 Å². The second kappa shape index (κ2) is 11.5. The van der Waals surface area contributed by atoms with Crippen molar-refractivity contribution in [1.29, 1.82) is 0 Å². The zero-order chi connectivity index (χ0) is 24.6. The van der Waals surface area contributed by atoms with Crippen LogP contribution < -0.4 is 5.32 Å². The molecule has 0 saturated heterocycles. The molecular formula is C28H37NO5. The standard InChI is InChI=1S/C28H37NO5/c1-27(2)16-14-23(18-24(27)30)19-28(25(31)33-3,17-15-21-10-6-4-7-11-21)29-26(32)34-20-22-12-8-5-9-13-22/h4-13,23-24,30H,14-20H2,1-3H3,(H,29,32)/t23-,24?,28+/m0/s1. The third-order valence-electron chi connectivity index (χ3n) is 7.11. The third kappa shape index (κ3) is 6.83. The van der Waals surface area contributed by atoms with Gasteiger partial charge in [0.2, 0.25) is 0 Å². The lowest BCUT2D eigenvalue weighted by Gasteiger charge is -2.42. The number of ether oxygens (including phenoxy) is 2. The topological polar surface area (TPSA) is 84.9 Å². The molecule has 3 rings (SSSR count). The van der Waals surface area contributed by atoms with E-state index in [9.17, 15) is 14.7 Å². The van der Waals surface area contributed by atoms with Gasteiger partial charge in [-0.2, -0.15) is 0 Å². The van der Waals surface area contributed by atoms with Crippen molar-refractivity contribution < 1.29 is 24.2 Å². The van der Waals surface area contributed by atoms with E-state index in [-0.39, 0.29) is 17.9 Å². The van der Waals surface area contributed by atoms with Gasteiger partial charge in [0.15, 0.2) is 0 Å². The Morgan fingerprint density at radius 1 is 1.06 bits per heavy atom. The van der Waals surface area contributed by atoms with Gasteiger partial charge in [-0.25, -0.2) is 9.59 Å². The number of nitrogens with one attached hydrogen (secondary N) is 1. The van der Waals surface area contributed by atoms with Crippen LogP contribution in [-0.4, -0.2) is 35.9 Å². The molecule has 34 heavy (non-hydrogen) atoms. The molecule has 1 aliphatic rings. The van der Waals surface area contributed by atoms with Crippen LogP contribution in [0.3, 0.4) is 0 Å². The quantitative estimate of drug-likeness (QED) is 0.505. The number of carbonyl (C=O) groups excluding carboxylic acids is 2. The lowest BCUT2D eigenvalue weighted by molar-refractivity contribution is -0.150. The number of aliphatic hydroxyl groups excluding tert-OH is 1. The maximum atomic E-state index is 13.2. The molecule has 184 valence electrons. The SMILES string of the molecule is COC(=O)[C@@](CCc1ccccc1)(C[C@H]1CCC(C)(C)C(O)C1)NC(=O)OCc1ccccc1. The number of aliphatic hydroxyl groups is 1. The molecule has 2 N–H and O–H groups in total. The predicted octanol–water partition coefficient (Wildman–Crippen LogP) is 5.03. The third-order valence-corrected chi connectivity index (χ3v) is 7.11. The number of hydrogen-bond donors (Lipinski definition) is 2. The van der Waals surface area contributed by atoms with Crippen LogP contribution in [0.15, 0.2) is 60.7 Å². The van der Waals surface area contributed by atoms with Gasteiger partial charge in [0.05, 0.1) is 13.2 Å². The van der Waals surface area contributed by atoms with Gasteiger partial charge in [0, 0.05) is 0 Å². The fourth-order valence-corrected chi connectivity index (χ4v) is 4.78. The summed E-state index contributed by atoms with van der Waals surface area (Å²) < 4.78 is 10.7. The Hall–Kier alpha value is -2.86. The molecule has 1 unspecified atom stereocenters. The maximum absolute atomic E-state index is 13.2. The number of rotatable bonds is 9. The van der Waals surface area contributed by atoms with E-state index in [2.05, 4.69) is 19.2 Å². The number of aryl methyl sites for hydroxylation is 1. The zero-order valence-corrected chi connectivity index (χ0v) is 20.5. The highest BCUT2D eigenvalue weighted by Gasteiger charge is 2.45. The molecule has 2 aromatic carbocycles. The molecule has 6 heteroatoms. The Morgan fingerprint density at radius 2 is 1.68 bits per heavy atom. The second-order valence-electron chi connectivity index (χ2n) is 10.1. The van der Waals surface area contributed by atoms with E-state index in [1.807, 2.05) is 60.7 Å². The van der Waals surface area contributed by atoms with E-state index in [0.29, 0.717) is 25.7 Å². The van der Waals surface area contributed by atoms with Gasteiger partial charge in [0.25, 0.3) is 0 Å². The molecule has 1 amide bonds. The summed E-state index contributed by atoms with van der Waals surface area (Å²) in [6.45, 7) is 4.24. The van der Waals surface area contributed by atoms with E-state index in [1.54, 1.807) is 0 Å². The predicted molar refractivity (Wildman–Crippen MR) is 131 cm³/mol. The molecule has 1 saturated carbocycles. The summed E-state index contributed by atoms with van der Waals surface area (Å²) >= 11 is 0. The molecule has 0 spiro atoms. The number of alkyl carbamates (subject to hydrolysis) is 1. The summed E-state index contributed by atoms with van der Waals surface area (Å²) in [4.78, 5) is 26.1. The number of hydrogen-bond acceptors (Lipinski definition) is 5. The molecule has 2 aromatic rings. The number of benzene rings is 2. The largest absolute Gasteiger partial charge is 0.467 e. The summed E-state index contributed by atoms with van der Waals surface area (Å²) in [6, 6.07) is 19.3. The summed E-state index contributed by atoms with van der Waals surface area (Å²) in [6.07, 6.45) is 2.55. The average molecular weight is 468 g/mol. The first-order valence-electron chi connectivity index (χ1n) is 12.0. The molecule has 0 heterocycles. The van der Waals surface area contributed by atoms with Crippen LogP contribution in [0, 0.1) is 11.3 Å². The Labute approximate surface area is 202 Å². The van der Waals surface area contributed by atoms with E-state index < -0.39 is 23.7 Å². The van der Waals surface area contributed by atoms with Crippen molar-refractivity contribution in [3.63, 3.8) is 0 Å². The summed E-state index contributed by atoms with van der Waals surface area (Å²) in [7, 11) is 1.34. The van der Waals surface area contributed by atoms with Crippen LogP contribution in [0.1, 0.15) is 57.1 Å². The zero-order valence-electron chi connectivity index (χ0n) is 20.5. The van der Waals surface area contributed by atoms with E-state index in [4.69, 9.17) is 9.47 Å². The Balaban J connectivity index is 1.79. The van der Waals surface area contributed by atoms with Gasteiger partial charge in [-0.1, -0.05) is 74.5 Å². The van der Waals surface area contributed by atoms with Crippen molar-refractivity contribution in [3.8, 4) is 0 Å². The van der Waals surface area contributed by atoms with E-state index >= 15 is 0 Å². The fourth-order valence-electron chi connectivity index (χ4n) is 4.78. The Morgan fingerprint density at radius 3 is 2.26 bits per heavy atom. The molecule has 0 aliphatic heterocycles. The van der Waals surface area contributed by atoms with Crippen molar-refractivity contribution in [2.45, 2.75) is 70.6 Å². The van der Waals surface area contributed by atoms with Gasteiger partial charge in [-0.15, -0.1) is 0 Å². The second-order valence-corrected chi connectivity index (χ2v) is 10.1. The first-order valence-corrected chi connectivity index (χ1v) is 12.0. The minimum absolute atomic E-state index is 0.0762. The summed E-state index contributed by atoms with van der Waals surface area (Å²) in [5, 5.41) is 13.6. The minimum atomic E-state index is -1.25. The molecule has 1 aliphatic carbocycles. The monoisotopic (exact) mass is 467 g/mol. The lowest BCUT2D eigenvalue weighted by Crippen LogP contribution is -2.57. The van der Waals surface area contributed by atoms with Crippen molar-refractivity contribution in [3.05, 3.63) is 71.8 Å². The van der Waals surface area contributed by atoms with Crippen molar-refractivity contribution in [2.24, 2.45) is 11.3 Å². The van der Waals surface area contributed by atoms with Gasteiger partial charge >= 0.3 is 12.1 Å². The molecular weight excluding hydrogens is 430 g/mol. The molecule has 0 radical (unpaired) electrons. The van der Waals surface area contributed by atoms with Crippen LogP contribution >= 0.6 is 0 Å². The molecule has 6 nitrogen and oxygen atoms in total. The number of amides is 1. The summed E-state index contributed by atoms with van der Waals surface area (Å²) in [5.41, 5.74) is 0.532. The van der Waals surface area contributed by atoms with Gasteiger partial charge in [-0.3, -0.25) is 0 Å². The molecule has 0 aromatic heterocycles. The minimum Gasteiger partial charge on any atom is -0.467 e. The van der Waals surface area contributed by atoms with E-state index in [1.165, 1.54) is 7.11 Å². The Kier molecular flexibility index (Phi) is 8.72. The van der Waals surface area contributed by atoms with Crippen LogP contribution in [0.5, 0.6) is 0 Å². The van der Waals surface area contributed by atoms with Crippen molar-refractivity contribution in [1.82, 2.24) is 5.32 Å².